The van der Waals surface area contributed by atoms with Gasteiger partial charge in [0.25, 0.3) is 17.5 Å². The molecule has 3 rings (SSSR count). The largest absolute Gasteiger partial charge is 0.480 e. The van der Waals surface area contributed by atoms with Gasteiger partial charge >= 0.3 is 11.9 Å². The van der Waals surface area contributed by atoms with Gasteiger partial charge in [0.1, 0.15) is 0 Å². The van der Waals surface area contributed by atoms with Crippen molar-refractivity contribution in [3.63, 3.8) is 0 Å². The smallest absolute Gasteiger partial charge is 0.325 e. The topological polar surface area (TPSA) is 155 Å². The van der Waals surface area contributed by atoms with Crippen LogP contribution in [0.3, 0.4) is 0 Å². The number of imide groups is 1. The summed E-state index contributed by atoms with van der Waals surface area (Å²) in [6.07, 6.45) is -0.449. The lowest BCUT2D eigenvalue weighted by Crippen LogP contribution is -2.43. The lowest BCUT2D eigenvalue weighted by Gasteiger charge is -2.24. The Morgan fingerprint density at radius 1 is 1.03 bits per heavy atom. The first-order valence-electron chi connectivity index (χ1n) is 8.85. The van der Waals surface area contributed by atoms with Crippen LogP contribution in [0.15, 0.2) is 42.5 Å². The number of carboxylic acids is 2. The van der Waals surface area contributed by atoms with Crippen molar-refractivity contribution in [2.75, 3.05) is 0 Å². The van der Waals surface area contributed by atoms with Gasteiger partial charge in [0.15, 0.2) is 5.41 Å². The van der Waals surface area contributed by atoms with Gasteiger partial charge in [-0.05, 0) is 30.2 Å². The average Bonchev–Trinajstić information content (AvgIpc) is 2.93. The molecule has 0 spiro atoms. The van der Waals surface area contributed by atoms with E-state index >= 15 is 0 Å². The number of carbonyl (C=O) groups excluding carboxylic acids is 2. The van der Waals surface area contributed by atoms with E-state index in [0.717, 1.165) is 17.0 Å². The molecule has 2 aromatic carbocycles. The monoisotopic (exact) mass is 412 g/mol. The average molecular weight is 412 g/mol. The molecule has 1 aliphatic rings. The molecule has 2 amide bonds. The summed E-state index contributed by atoms with van der Waals surface area (Å²) in [7, 11) is 0. The third-order valence-corrected chi connectivity index (χ3v) is 5.20. The second-order valence-electron chi connectivity index (χ2n) is 6.72. The molecule has 2 aromatic rings. The molecule has 0 bridgehead atoms. The second kappa shape index (κ2) is 7.39. The Balaban J connectivity index is 2.09. The summed E-state index contributed by atoms with van der Waals surface area (Å²) < 4.78 is 0. The molecule has 1 heterocycles. The van der Waals surface area contributed by atoms with E-state index in [1.165, 1.54) is 25.1 Å². The van der Waals surface area contributed by atoms with Gasteiger partial charge in [0.2, 0.25) is 0 Å². The molecule has 2 N–H and O–H groups in total. The van der Waals surface area contributed by atoms with Gasteiger partial charge in [-0.1, -0.05) is 25.1 Å². The van der Waals surface area contributed by atoms with E-state index in [2.05, 4.69) is 0 Å². The maximum atomic E-state index is 12.5. The van der Waals surface area contributed by atoms with Gasteiger partial charge in [-0.25, -0.2) is 0 Å². The fourth-order valence-corrected chi connectivity index (χ4v) is 3.56. The number of nitro benzene ring substituents is 1. The van der Waals surface area contributed by atoms with Gasteiger partial charge in [-0.3, -0.25) is 34.2 Å². The highest BCUT2D eigenvalue weighted by Crippen LogP contribution is 2.37. The standard InChI is InChI=1S/C20H16N2O8/c1-2-20(18(25)26,19(27)28)14-9-11(7-8-15(14)22(29)30)10-21-16(23)12-5-3-4-6-13(12)17(21)24/h3-9H,2,10H2,1H3,(H,25,26)(H,27,28). The minimum absolute atomic E-state index is 0.186. The fourth-order valence-electron chi connectivity index (χ4n) is 3.56. The number of nitrogens with zero attached hydrogens (tertiary/aromatic N) is 2. The zero-order valence-corrected chi connectivity index (χ0v) is 15.7. The third kappa shape index (κ3) is 2.98. The Hall–Kier alpha value is -4.08. The molecule has 0 saturated heterocycles. The molecule has 0 unspecified atom stereocenters. The van der Waals surface area contributed by atoms with Crippen LogP contribution in [0.1, 0.15) is 45.2 Å². The summed E-state index contributed by atoms with van der Waals surface area (Å²) in [4.78, 5) is 60.3. The first kappa shape index (κ1) is 20.6. The fraction of sp³-hybridized carbons (Fsp3) is 0.200. The van der Waals surface area contributed by atoms with Crippen LogP contribution in [0.5, 0.6) is 0 Å². The molecule has 0 atom stereocenters. The minimum atomic E-state index is -2.56. The Morgan fingerprint density at radius 2 is 1.57 bits per heavy atom. The predicted octanol–water partition coefficient (Wildman–Crippen LogP) is 2.21. The Labute approximate surface area is 169 Å². The van der Waals surface area contributed by atoms with Crippen molar-refractivity contribution in [2.24, 2.45) is 0 Å². The van der Waals surface area contributed by atoms with Crippen LogP contribution in [0, 0.1) is 10.1 Å². The lowest BCUT2D eigenvalue weighted by molar-refractivity contribution is -0.386. The van der Waals surface area contributed by atoms with Crippen LogP contribution < -0.4 is 0 Å². The summed E-state index contributed by atoms with van der Waals surface area (Å²) in [6.45, 7) is 0.999. The number of amides is 2. The quantitative estimate of drug-likeness (QED) is 0.303. The molecule has 0 aliphatic carbocycles. The number of carboxylic acid groups (broad SMARTS) is 2. The summed E-state index contributed by atoms with van der Waals surface area (Å²) >= 11 is 0. The van der Waals surface area contributed by atoms with Crippen molar-refractivity contribution in [2.45, 2.75) is 25.3 Å². The van der Waals surface area contributed by atoms with Crippen molar-refractivity contribution in [3.05, 3.63) is 74.8 Å². The van der Waals surface area contributed by atoms with Crippen LogP contribution in [0.2, 0.25) is 0 Å². The summed E-state index contributed by atoms with van der Waals surface area (Å²) in [6, 6.07) is 9.50. The van der Waals surface area contributed by atoms with Gasteiger partial charge in [0, 0.05) is 6.07 Å². The van der Waals surface area contributed by atoms with E-state index in [-0.39, 0.29) is 23.2 Å². The Kier molecular flexibility index (Phi) is 5.09. The molecule has 30 heavy (non-hydrogen) atoms. The van der Waals surface area contributed by atoms with Crippen LogP contribution in [0.25, 0.3) is 0 Å². The molecule has 0 fully saturated rings. The third-order valence-electron chi connectivity index (χ3n) is 5.20. The maximum absolute atomic E-state index is 12.5. The maximum Gasteiger partial charge on any atom is 0.325 e. The van der Waals surface area contributed by atoms with E-state index in [4.69, 9.17) is 0 Å². The Morgan fingerprint density at radius 3 is 2.00 bits per heavy atom. The number of benzene rings is 2. The normalized spacial score (nSPS) is 13.3. The van der Waals surface area contributed by atoms with Crippen molar-refractivity contribution in [1.29, 1.82) is 0 Å². The van der Waals surface area contributed by atoms with Gasteiger partial charge in [0.05, 0.1) is 28.2 Å². The molecule has 10 heteroatoms. The molecule has 1 aliphatic heterocycles. The van der Waals surface area contributed by atoms with Gasteiger partial charge in [-0.2, -0.15) is 0 Å². The Bertz CT molecular complexity index is 1060. The number of carbonyl (C=O) groups is 4. The summed E-state index contributed by atoms with van der Waals surface area (Å²) in [5.74, 6) is -4.63. The second-order valence-corrected chi connectivity index (χ2v) is 6.72. The van der Waals surface area contributed by atoms with E-state index in [9.17, 15) is 39.5 Å². The van der Waals surface area contributed by atoms with Gasteiger partial charge < -0.3 is 10.2 Å². The van der Waals surface area contributed by atoms with E-state index in [1.807, 2.05) is 0 Å². The van der Waals surface area contributed by atoms with Crippen LogP contribution in [-0.4, -0.2) is 43.8 Å². The molecule has 0 aromatic heterocycles. The zero-order valence-electron chi connectivity index (χ0n) is 15.7. The zero-order chi connectivity index (χ0) is 22.2. The molecule has 10 nitrogen and oxygen atoms in total. The molecule has 154 valence electrons. The number of aliphatic carboxylic acids is 2. The van der Waals surface area contributed by atoms with E-state index in [0.29, 0.717) is 0 Å². The molecule has 0 radical (unpaired) electrons. The molecular formula is C20H16N2O8. The van der Waals surface area contributed by atoms with Crippen molar-refractivity contribution in [3.8, 4) is 0 Å². The van der Waals surface area contributed by atoms with Crippen molar-refractivity contribution in [1.82, 2.24) is 4.90 Å². The van der Waals surface area contributed by atoms with E-state index < -0.39 is 51.8 Å². The summed E-state index contributed by atoms with van der Waals surface area (Å²) in [5, 5.41) is 30.7. The first-order valence-corrected chi connectivity index (χ1v) is 8.85. The number of nitro groups is 1. The SMILES string of the molecule is CCC(C(=O)O)(C(=O)O)c1cc(CN2C(=O)c3ccccc3C2=O)ccc1[N+](=O)[O-]. The lowest BCUT2D eigenvalue weighted by atomic mass is 9.76. The highest BCUT2D eigenvalue weighted by molar-refractivity contribution is 6.21. The van der Waals surface area contributed by atoms with Crippen LogP contribution >= 0.6 is 0 Å². The van der Waals surface area contributed by atoms with E-state index in [1.54, 1.807) is 12.1 Å². The van der Waals surface area contributed by atoms with Crippen LogP contribution in [-0.2, 0) is 21.5 Å². The van der Waals surface area contributed by atoms with Gasteiger partial charge in [-0.15, -0.1) is 0 Å². The first-order chi connectivity index (χ1) is 14.1. The number of fused-ring (bicyclic) bond motifs is 1. The number of hydrogen-bond acceptors (Lipinski definition) is 6. The predicted molar refractivity (Wildman–Crippen MR) is 101 cm³/mol. The molecular weight excluding hydrogens is 396 g/mol. The summed E-state index contributed by atoms with van der Waals surface area (Å²) in [5.41, 5.74) is -3.14. The molecule has 0 saturated carbocycles. The minimum Gasteiger partial charge on any atom is -0.480 e. The van der Waals surface area contributed by atoms with Crippen molar-refractivity contribution >= 4 is 29.4 Å². The number of hydrogen-bond donors (Lipinski definition) is 2. The highest BCUT2D eigenvalue weighted by Gasteiger charge is 2.50. The number of rotatable bonds is 7. The van der Waals surface area contributed by atoms with Crippen LogP contribution in [0.4, 0.5) is 5.69 Å². The van der Waals surface area contributed by atoms with Crippen molar-refractivity contribution < 1.29 is 34.3 Å². The highest BCUT2D eigenvalue weighted by atomic mass is 16.6.